The second-order valence-corrected chi connectivity index (χ2v) is 17.3. The van der Waals surface area contributed by atoms with Crippen LogP contribution < -0.4 is 29.6 Å². The molecule has 0 aliphatic heterocycles. The minimum atomic E-state index is -1.62. The van der Waals surface area contributed by atoms with E-state index in [1.165, 1.54) is 31.2 Å². The number of aliphatic hydroxyl groups is 2. The lowest BCUT2D eigenvalue weighted by Crippen LogP contribution is -2.52. The molecule has 2 aliphatic carbocycles. The number of hydrogen-bond donors (Lipinski definition) is 6. The van der Waals surface area contributed by atoms with Gasteiger partial charge in [-0.25, -0.2) is 0 Å². The van der Waals surface area contributed by atoms with Gasteiger partial charge >= 0.3 is 11.9 Å². The van der Waals surface area contributed by atoms with Gasteiger partial charge in [-0.15, -0.1) is 0 Å². The van der Waals surface area contributed by atoms with Gasteiger partial charge in [0.15, 0.2) is 0 Å². The van der Waals surface area contributed by atoms with E-state index in [1.54, 1.807) is 36.5 Å². The summed E-state index contributed by atoms with van der Waals surface area (Å²) < 4.78 is 25.5. The Labute approximate surface area is 386 Å². The number of carbonyl (C=O) groups is 2. The molecule has 0 spiro atoms. The number of ether oxygens (including phenoxy) is 4. The van der Waals surface area contributed by atoms with Gasteiger partial charge in [0.05, 0.1) is 35.4 Å². The van der Waals surface area contributed by atoms with Crippen molar-refractivity contribution >= 4 is 35.1 Å². The number of carboxylic acids is 2. The first-order chi connectivity index (χ1) is 31.2. The number of aliphatic hydroxyl groups excluding tert-OH is 2. The van der Waals surface area contributed by atoms with E-state index in [-0.39, 0.29) is 31.9 Å². The summed E-state index contributed by atoms with van der Waals surface area (Å²) in [4.78, 5) is 27.8. The highest BCUT2D eigenvalue weighted by molar-refractivity contribution is 6.32. The third kappa shape index (κ3) is 10.2. The number of rotatable bonds is 20. The van der Waals surface area contributed by atoms with Crippen LogP contribution in [0.15, 0.2) is 79.1 Å². The van der Waals surface area contributed by atoms with Crippen LogP contribution in [0.4, 0.5) is 0 Å². The lowest BCUT2D eigenvalue weighted by molar-refractivity contribution is -0.146. The summed E-state index contributed by atoms with van der Waals surface area (Å²) in [5.41, 5.74) is 5.66. The SMILES string of the molecule is CCOc1cc(O[C@H]2CCc3c(-c4cccc5c4CC[C@@H]5Oc4cc(OCc5cncc(C#N)c5)c(CNC(C)(CO)C(=O)O)cc4Cl)cccc32)c(Cl)cc1CNC(C)(CO)C(=O)O. The van der Waals surface area contributed by atoms with E-state index in [1.807, 2.05) is 19.1 Å². The van der Waals surface area contributed by atoms with E-state index in [9.17, 15) is 35.3 Å². The summed E-state index contributed by atoms with van der Waals surface area (Å²) in [6.07, 6.45) is 5.35. The largest absolute Gasteiger partial charge is 0.493 e. The normalized spacial score (nSPS) is 17.0. The predicted molar refractivity (Wildman–Crippen MR) is 243 cm³/mol. The number of nitriles is 1. The van der Waals surface area contributed by atoms with Gasteiger partial charge in [0.1, 0.15) is 59.0 Å². The number of hydrogen-bond acceptors (Lipinski definition) is 12. The Morgan fingerprint density at radius 3 is 1.69 bits per heavy atom. The molecule has 0 amide bonds. The molecule has 1 aromatic heterocycles. The molecule has 5 aromatic rings. The molecule has 1 heterocycles. The Morgan fingerprint density at radius 1 is 0.754 bits per heavy atom. The van der Waals surface area contributed by atoms with Crippen LogP contribution >= 0.6 is 23.2 Å². The van der Waals surface area contributed by atoms with Gasteiger partial charge in [-0.1, -0.05) is 59.6 Å². The zero-order valence-electron chi connectivity index (χ0n) is 36.1. The number of nitrogens with one attached hydrogen (secondary N) is 2. The first kappa shape index (κ1) is 47.1. The minimum absolute atomic E-state index is 0.00527. The number of pyridine rings is 1. The number of aromatic nitrogens is 1. The lowest BCUT2D eigenvalue weighted by Gasteiger charge is -2.25. The number of nitrogens with zero attached hydrogens (tertiary/aromatic N) is 2. The molecule has 0 bridgehead atoms. The molecule has 2 aliphatic rings. The molecule has 0 saturated carbocycles. The van der Waals surface area contributed by atoms with Gasteiger partial charge in [0, 0.05) is 54.3 Å². The van der Waals surface area contributed by atoms with Crippen molar-refractivity contribution in [1.82, 2.24) is 15.6 Å². The van der Waals surface area contributed by atoms with Crippen LogP contribution in [0.25, 0.3) is 11.1 Å². The maximum absolute atomic E-state index is 11.9. The molecule has 0 saturated heterocycles. The highest BCUT2D eigenvalue weighted by Gasteiger charge is 2.35. The summed E-state index contributed by atoms with van der Waals surface area (Å²) in [7, 11) is 0. The Balaban J connectivity index is 1.12. The summed E-state index contributed by atoms with van der Waals surface area (Å²) in [6.45, 7) is 3.91. The molecular weight excluding hydrogens is 875 g/mol. The van der Waals surface area contributed by atoms with E-state index in [0.29, 0.717) is 74.7 Å². The molecule has 4 aromatic carbocycles. The standard InChI is InChI=1S/C49H50Cl2N4O10/c1-4-62-42-18-44(38(50)16-30(42)23-54-48(2,26-56)46(58)59)64-40-13-11-34-32(7-5-9-36(34)40)33-8-6-10-37-35(33)12-14-41(37)65-45-19-43(63-25-29-15-28(20-52)21-53-22-29)31(17-39(45)51)24-55-49(3,27-57)47(60)61/h5-10,15-19,21-22,40-41,54-57H,4,11-14,23-27H2,1-3H3,(H,58,59)(H,60,61)/t40-,41-,48?,49?/m0/s1. The van der Waals surface area contributed by atoms with Crippen molar-refractivity contribution in [3.05, 3.63) is 134 Å². The number of aliphatic carboxylic acids is 2. The predicted octanol–water partition coefficient (Wildman–Crippen LogP) is 7.89. The Morgan fingerprint density at radius 2 is 1.25 bits per heavy atom. The third-order valence-electron chi connectivity index (χ3n) is 12.0. The second-order valence-electron chi connectivity index (χ2n) is 16.5. The number of fused-ring (bicyclic) bond motifs is 2. The zero-order chi connectivity index (χ0) is 46.5. The van der Waals surface area contributed by atoms with Crippen molar-refractivity contribution in [2.24, 2.45) is 0 Å². The fourth-order valence-corrected chi connectivity index (χ4v) is 8.55. The second kappa shape index (κ2) is 20.1. The number of benzene rings is 4. The molecule has 14 nitrogen and oxygen atoms in total. The van der Waals surface area contributed by atoms with Crippen LogP contribution in [0.5, 0.6) is 23.0 Å². The monoisotopic (exact) mass is 924 g/mol. The molecule has 7 rings (SSSR count). The van der Waals surface area contributed by atoms with Gasteiger partial charge in [-0.3, -0.25) is 25.2 Å². The van der Waals surface area contributed by atoms with Gasteiger partial charge in [-0.2, -0.15) is 5.26 Å². The number of carboxylic acid groups (broad SMARTS) is 2. The Kier molecular flexibility index (Phi) is 14.5. The maximum atomic E-state index is 11.9. The van der Waals surface area contributed by atoms with Crippen molar-refractivity contribution < 1.29 is 49.0 Å². The minimum Gasteiger partial charge on any atom is -0.493 e. The van der Waals surface area contributed by atoms with E-state index in [2.05, 4.69) is 46.0 Å². The van der Waals surface area contributed by atoms with Crippen molar-refractivity contribution in [2.75, 3.05) is 19.8 Å². The molecule has 2 unspecified atom stereocenters. The molecule has 340 valence electrons. The van der Waals surface area contributed by atoms with Crippen LogP contribution in [-0.4, -0.2) is 68.2 Å². The highest BCUT2D eigenvalue weighted by Crippen LogP contribution is 2.47. The summed E-state index contributed by atoms with van der Waals surface area (Å²) in [5.74, 6) is -0.717. The molecule has 65 heavy (non-hydrogen) atoms. The zero-order valence-corrected chi connectivity index (χ0v) is 37.6. The van der Waals surface area contributed by atoms with E-state index in [0.717, 1.165) is 35.1 Å². The van der Waals surface area contributed by atoms with Crippen molar-refractivity contribution in [2.45, 2.75) is 89.4 Å². The smallest absolute Gasteiger partial charge is 0.326 e. The first-order valence-corrected chi connectivity index (χ1v) is 22.0. The Bertz CT molecular complexity index is 2640. The van der Waals surface area contributed by atoms with E-state index >= 15 is 0 Å². The van der Waals surface area contributed by atoms with Crippen LogP contribution in [0, 0.1) is 11.3 Å². The molecule has 0 fully saturated rings. The maximum Gasteiger partial charge on any atom is 0.326 e. The molecule has 0 radical (unpaired) electrons. The Hall–Kier alpha value is -5.92. The van der Waals surface area contributed by atoms with Crippen LogP contribution in [-0.2, 0) is 42.1 Å². The van der Waals surface area contributed by atoms with E-state index < -0.39 is 36.2 Å². The van der Waals surface area contributed by atoms with Crippen molar-refractivity contribution in [3.8, 4) is 40.2 Å². The summed E-state index contributed by atoms with van der Waals surface area (Å²) in [6, 6.07) is 23.0. The molecule has 16 heteroatoms. The van der Waals surface area contributed by atoms with Gasteiger partial charge in [0.2, 0.25) is 0 Å². The lowest BCUT2D eigenvalue weighted by atomic mass is 9.91. The summed E-state index contributed by atoms with van der Waals surface area (Å²) in [5, 5.41) is 54.7. The average Bonchev–Trinajstić information content (AvgIpc) is 3.92. The molecular formula is C49H50Cl2N4O10. The van der Waals surface area contributed by atoms with Crippen LogP contribution in [0.3, 0.4) is 0 Å². The fraction of sp³-hybridized carbons (Fsp3) is 0.347. The first-order valence-electron chi connectivity index (χ1n) is 21.2. The topological polar surface area (TPSA) is 213 Å². The molecule has 4 atom stereocenters. The van der Waals surface area contributed by atoms with Gasteiger partial charge in [-0.05, 0) is 98.0 Å². The molecule has 6 N–H and O–H groups in total. The third-order valence-corrected chi connectivity index (χ3v) is 12.6. The average molecular weight is 926 g/mol. The van der Waals surface area contributed by atoms with Crippen molar-refractivity contribution in [1.29, 1.82) is 5.26 Å². The number of halogens is 2. The van der Waals surface area contributed by atoms with Gasteiger partial charge < -0.3 is 39.4 Å². The quantitative estimate of drug-likeness (QED) is 0.0438. The van der Waals surface area contributed by atoms with E-state index in [4.69, 9.17) is 42.1 Å². The highest BCUT2D eigenvalue weighted by atomic mass is 35.5. The van der Waals surface area contributed by atoms with Crippen LogP contribution in [0.2, 0.25) is 10.0 Å². The fourth-order valence-electron chi connectivity index (χ4n) is 8.09. The van der Waals surface area contributed by atoms with Gasteiger partial charge in [0.25, 0.3) is 0 Å². The van der Waals surface area contributed by atoms with Crippen molar-refractivity contribution in [3.63, 3.8) is 0 Å². The van der Waals surface area contributed by atoms with Crippen LogP contribution in [0.1, 0.15) is 90.3 Å². The summed E-state index contributed by atoms with van der Waals surface area (Å²) >= 11 is 13.7.